The summed E-state index contributed by atoms with van der Waals surface area (Å²) in [5, 5.41) is 28.9. The van der Waals surface area contributed by atoms with Crippen LogP contribution in [0, 0.1) is 0 Å². The number of nitrogen functional groups attached to an aromatic ring is 1. The number of carbonyl (C=O) groups is 2. The monoisotopic (exact) mass is 725 g/mol. The van der Waals surface area contributed by atoms with E-state index in [9.17, 15) is 24.4 Å². The molecule has 17 nitrogen and oxygen atoms in total. The molecule has 7 unspecified atom stereocenters. The average Bonchev–Trinajstić information content (AvgIpc) is 3.32. The molecule has 0 spiro atoms. The third-order valence-corrected chi connectivity index (χ3v) is 10.8. The normalized spacial score (nSPS) is 26.1. The molecule has 1 aliphatic heterocycles. The van der Waals surface area contributed by atoms with E-state index in [-0.39, 0.29) is 30.7 Å². The smallest absolute Gasteiger partial charge is 0.342 e. The van der Waals surface area contributed by atoms with Gasteiger partial charge in [-0.1, -0.05) is 60.7 Å². The van der Waals surface area contributed by atoms with Gasteiger partial charge in [0.25, 0.3) is 0 Å². The van der Waals surface area contributed by atoms with Gasteiger partial charge in [-0.3, -0.25) is 4.57 Å². The molecule has 6 N–H and O–H groups in total. The van der Waals surface area contributed by atoms with E-state index in [1.54, 1.807) is 81.4 Å². The molecule has 2 aromatic carbocycles. The van der Waals surface area contributed by atoms with Gasteiger partial charge in [0.1, 0.15) is 41.5 Å². The quantitative estimate of drug-likeness (QED) is 0.0873. The Morgan fingerprint density at radius 3 is 2.02 bits per heavy atom. The van der Waals surface area contributed by atoms with E-state index >= 15 is 0 Å². The molecular formula is C33H40N7O10P. The fraction of sp³-hybridized carbons (Fsp3) is 0.424. The first-order chi connectivity index (χ1) is 24.4. The number of aliphatic hydroxyl groups excluding tert-OH is 1. The summed E-state index contributed by atoms with van der Waals surface area (Å²) in [5.74, 6) is -1.45. The zero-order chi connectivity index (χ0) is 36.6. The second kappa shape index (κ2) is 14.3. The summed E-state index contributed by atoms with van der Waals surface area (Å²) < 4.78 is 44.5. The number of aromatic nitrogens is 4. The summed E-state index contributed by atoms with van der Waals surface area (Å²) in [6.07, 6.45) is -1.37. The minimum absolute atomic E-state index is 0.0376. The highest BCUT2D eigenvalue weighted by Gasteiger charge is 2.85. The Balaban J connectivity index is 1.29. The van der Waals surface area contributed by atoms with Crippen LogP contribution in [-0.4, -0.2) is 92.0 Å². The molecule has 272 valence electrons. The van der Waals surface area contributed by atoms with Crippen LogP contribution in [-0.2, 0) is 32.9 Å². The lowest BCUT2D eigenvalue weighted by Crippen LogP contribution is -2.42. The van der Waals surface area contributed by atoms with Crippen molar-refractivity contribution in [1.82, 2.24) is 29.7 Å². The van der Waals surface area contributed by atoms with Crippen molar-refractivity contribution in [3.8, 4) is 5.88 Å². The summed E-state index contributed by atoms with van der Waals surface area (Å²) in [6.45, 7) is 4.39. The predicted molar refractivity (Wildman–Crippen MR) is 181 cm³/mol. The molecule has 1 saturated heterocycles. The van der Waals surface area contributed by atoms with Crippen LogP contribution in [0.4, 0.5) is 5.95 Å². The lowest BCUT2D eigenvalue weighted by molar-refractivity contribution is -0.145. The van der Waals surface area contributed by atoms with Gasteiger partial charge in [0.15, 0.2) is 11.2 Å². The summed E-state index contributed by atoms with van der Waals surface area (Å²) in [5.41, 5.74) is 4.01. The third kappa shape index (κ3) is 6.57. The Labute approximate surface area is 293 Å². The Bertz CT molecular complexity index is 1870. The van der Waals surface area contributed by atoms with Crippen molar-refractivity contribution >= 4 is 36.7 Å². The zero-order valence-electron chi connectivity index (χ0n) is 28.3. The van der Waals surface area contributed by atoms with Gasteiger partial charge in [-0.05, 0) is 31.9 Å². The maximum atomic E-state index is 14.9. The van der Waals surface area contributed by atoms with Gasteiger partial charge in [0, 0.05) is 0 Å². The molecule has 6 rings (SSSR count). The Kier molecular flexibility index (Phi) is 10.2. The van der Waals surface area contributed by atoms with Crippen molar-refractivity contribution in [3.63, 3.8) is 0 Å². The van der Waals surface area contributed by atoms with E-state index in [2.05, 4.69) is 25.1 Å². The minimum Gasteiger partial charge on any atom is -0.479 e. The fourth-order valence-electron chi connectivity index (χ4n) is 6.59. The average molecular weight is 726 g/mol. The molecule has 4 aromatic rings. The molecule has 3 heterocycles. The number of aliphatic hydroxyl groups is 2. The molecule has 2 aliphatic rings. The number of anilines is 1. The van der Waals surface area contributed by atoms with E-state index in [0.29, 0.717) is 16.6 Å². The summed E-state index contributed by atoms with van der Waals surface area (Å²) >= 11 is 0. The summed E-state index contributed by atoms with van der Waals surface area (Å²) in [7, 11) is -3.08. The van der Waals surface area contributed by atoms with Crippen LogP contribution >= 0.6 is 7.67 Å². The standard InChI is InChI=1S/C33H40N7O10P/c1-5-47-28(42)22(19-13-9-7-10-14-19)38-51(45,39-23(29(43)48-6-2)20-15-11-8-12-16-20)49-17-21-25(41)33(44)30(32(33,3)50-21)40-18-35-24-26(40)36-31(34)37-27(24)46-4/h7-16,18,21-23,25,30,41,44H,5-6,17H2,1-4H3,(H2,34,36,37)(H2,38,39,45). The van der Waals surface area contributed by atoms with Crippen LogP contribution in [0.3, 0.4) is 0 Å². The number of methoxy groups -OCH3 is 1. The van der Waals surface area contributed by atoms with E-state index in [0.717, 1.165) is 0 Å². The second-order valence-corrected chi connectivity index (χ2v) is 14.0. The number of carbonyl (C=O) groups excluding carboxylic acids is 2. The molecule has 51 heavy (non-hydrogen) atoms. The highest BCUT2D eigenvalue weighted by Crippen LogP contribution is 2.68. The van der Waals surface area contributed by atoms with E-state index < -0.39 is 67.8 Å². The number of hydrogen-bond acceptors (Lipinski definition) is 14. The molecule has 0 bridgehead atoms. The number of nitrogens with zero attached hydrogens (tertiary/aromatic N) is 4. The lowest BCUT2D eigenvalue weighted by atomic mass is 10.1. The Morgan fingerprint density at radius 2 is 1.55 bits per heavy atom. The third-order valence-electron chi connectivity index (χ3n) is 9.06. The second-order valence-electron chi connectivity index (χ2n) is 12.1. The van der Waals surface area contributed by atoms with E-state index in [4.69, 9.17) is 29.2 Å². The summed E-state index contributed by atoms with van der Waals surface area (Å²) in [6, 6.07) is 13.4. The largest absolute Gasteiger partial charge is 0.479 e. The maximum Gasteiger partial charge on any atom is 0.342 e. The first-order valence-electron chi connectivity index (χ1n) is 16.3. The predicted octanol–water partition coefficient (Wildman–Crippen LogP) is 2.13. The number of rotatable bonds is 15. The van der Waals surface area contributed by atoms with Crippen LogP contribution in [0.25, 0.3) is 11.2 Å². The number of benzene rings is 2. The van der Waals surface area contributed by atoms with Gasteiger partial charge in [-0.15, -0.1) is 0 Å². The molecule has 7 atom stereocenters. The number of ether oxygens (including phenoxy) is 4. The Morgan fingerprint density at radius 1 is 1.00 bits per heavy atom. The minimum atomic E-state index is -4.49. The molecule has 0 amide bonds. The first kappa shape index (κ1) is 36.3. The highest BCUT2D eigenvalue weighted by atomic mass is 31.2. The number of imidazole rings is 1. The van der Waals surface area contributed by atoms with Gasteiger partial charge in [0.05, 0.1) is 33.3 Å². The molecular weight excluding hydrogens is 685 g/mol. The van der Waals surface area contributed by atoms with Crippen molar-refractivity contribution in [2.45, 2.75) is 62.3 Å². The molecule has 18 heteroatoms. The van der Waals surface area contributed by atoms with E-state index in [1.807, 2.05) is 0 Å². The van der Waals surface area contributed by atoms with Crippen molar-refractivity contribution in [2.75, 3.05) is 32.7 Å². The SMILES string of the molecule is CCOC(=O)C(NP(=O)(NC(C(=O)OCC)c1ccccc1)OCC1OC2(C)C(n3cnc4c(OC)nc(N)nc43)C2(O)C1O)c1ccccc1. The van der Waals surface area contributed by atoms with Gasteiger partial charge in [-0.25, -0.2) is 24.7 Å². The number of nitrogens with one attached hydrogen (secondary N) is 2. The van der Waals surface area contributed by atoms with Crippen molar-refractivity contribution in [3.05, 3.63) is 78.1 Å². The lowest BCUT2D eigenvalue weighted by Gasteiger charge is -2.30. The number of fused-ring (bicyclic) bond motifs is 2. The fourth-order valence-corrected chi connectivity index (χ4v) is 8.36. The topological polar surface area (TPSA) is 232 Å². The maximum absolute atomic E-state index is 14.9. The van der Waals surface area contributed by atoms with Crippen LogP contribution in [0.1, 0.15) is 50.0 Å². The number of esters is 2. The summed E-state index contributed by atoms with van der Waals surface area (Å²) in [4.78, 5) is 39.1. The molecule has 2 fully saturated rings. The van der Waals surface area contributed by atoms with Gasteiger partial charge in [0.2, 0.25) is 11.8 Å². The van der Waals surface area contributed by atoms with Crippen LogP contribution in [0.5, 0.6) is 5.88 Å². The Hall–Kier alpha value is -4.48. The van der Waals surface area contributed by atoms with Gasteiger partial charge in [-0.2, -0.15) is 9.97 Å². The van der Waals surface area contributed by atoms with Crippen LogP contribution < -0.4 is 20.6 Å². The van der Waals surface area contributed by atoms with E-state index in [1.165, 1.54) is 18.0 Å². The number of hydrogen-bond donors (Lipinski definition) is 5. The van der Waals surface area contributed by atoms with Crippen LogP contribution in [0.2, 0.25) is 0 Å². The molecule has 1 aliphatic carbocycles. The van der Waals surface area contributed by atoms with Crippen LogP contribution in [0.15, 0.2) is 67.0 Å². The van der Waals surface area contributed by atoms with Crippen molar-refractivity contribution in [2.24, 2.45) is 0 Å². The van der Waals surface area contributed by atoms with Gasteiger partial charge >= 0.3 is 19.6 Å². The zero-order valence-corrected chi connectivity index (χ0v) is 29.2. The first-order valence-corrected chi connectivity index (χ1v) is 17.9. The van der Waals surface area contributed by atoms with Gasteiger partial charge < -0.3 is 44.0 Å². The molecule has 2 aromatic heterocycles. The number of nitrogens with two attached hydrogens (primary N) is 1. The molecule has 1 saturated carbocycles. The molecule has 0 radical (unpaired) electrons. The van der Waals surface area contributed by atoms with Crippen molar-refractivity contribution < 1.29 is 47.8 Å². The highest BCUT2D eigenvalue weighted by molar-refractivity contribution is 7.54. The van der Waals surface area contributed by atoms with Crippen molar-refractivity contribution in [1.29, 1.82) is 0 Å².